The van der Waals surface area contributed by atoms with Crippen molar-refractivity contribution in [3.05, 3.63) is 12.3 Å². The Morgan fingerprint density at radius 1 is 1.33 bits per heavy atom. The van der Waals surface area contributed by atoms with E-state index < -0.39 is 37.3 Å². The van der Waals surface area contributed by atoms with Gasteiger partial charge in [0.2, 0.25) is 0 Å². The zero-order valence-corrected chi connectivity index (χ0v) is 10.4. The summed E-state index contributed by atoms with van der Waals surface area (Å²) in [5.74, 6) is 0. The van der Waals surface area contributed by atoms with Gasteiger partial charge in [-0.05, 0) is 18.9 Å². The predicted molar refractivity (Wildman–Crippen MR) is 61.3 cm³/mol. The summed E-state index contributed by atoms with van der Waals surface area (Å²) in [7, 11) is 0. The summed E-state index contributed by atoms with van der Waals surface area (Å²) in [6, 6.07) is 0. The minimum atomic E-state index is -1.72. The summed E-state index contributed by atoms with van der Waals surface area (Å²) in [6.45, 7) is 1.57. The van der Waals surface area contributed by atoms with Gasteiger partial charge in [-0.1, -0.05) is 13.3 Å². The molecule has 5 atom stereocenters. The SMILES string of the molecule is CCCC/C=C\O[C@@H]1[C@@H](O)[C@H]([O-])O[C@H](CO)[C@H]1O. The maximum absolute atomic E-state index is 11.3. The molecule has 0 aromatic heterocycles. The molecule has 3 N–H and O–H groups in total. The predicted octanol–water partition coefficient (Wildman–Crippen LogP) is -1.13. The van der Waals surface area contributed by atoms with Gasteiger partial charge in [0.25, 0.3) is 0 Å². The van der Waals surface area contributed by atoms with Crippen molar-refractivity contribution >= 4 is 0 Å². The molecule has 0 amide bonds. The lowest BCUT2D eigenvalue weighted by Gasteiger charge is -2.44. The van der Waals surface area contributed by atoms with Crippen molar-refractivity contribution < 1.29 is 29.9 Å². The average Bonchev–Trinajstić information content (AvgIpc) is 2.37. The molecular weight excluding hydrogens is 240 g/mol. The van der Waals surface area contributed by atoms with Gasteiger partial charge in [-0.15, -0.1) is 0 Å². The van der Waals surface area contributed by atoms with Gasteiger partial charge in [0.15, 0.2) is 6.10 Å². The van der Waals surface area contributed by atoms with E-state index in [1.165, 1.54) is 6.26 Å². The Kier molecular flexibility index (Phi) is 6.59. The van der Waals surface area contributed by atoms with Crippen LogP contribution < -0.4 is 5.11 Å². The molecule has 106 valence electrons. The Morgan fingerprint density at radius 3 is 2.67 bits per heavy atom. The topological polar surface area (TPSA) is 102 Å². The van der Waals surface area contributed by atoms with E-state index in [1.807, 2.05) is 0 Å². The average molecular weight is 261 g/mol. The van der Waals surface area contributed by atoms with Crippen LogP contribution >= 0.6 is 0 Å². The first-order valence-electron chi connectivity index (χ1n) is 6.20. The van der Waals surface area contributed by atoms with Crippen molar-refractivity contribution in [3.8, 4) is 0 Å². The highest BCUT2D eigenvalue weighted by Gasteiger charge is 2.41. The summed E-state index contributed by atoms with van der Waals surface area (Å²) in [6.07, 6.45) is -0.461. The van der Waals surface area contributed by atoms with Crippen LogP contribution in [0.1, 0.15) is 26.2 Å². The highest BCUT2D eigenvalue weighted by molar-refractivity contribution is 4.91. The van der Waals surface area contributed by atoms with Gasteiger partial charge in [-0.2, -0.15) is 0 Å². The lowest BCUT2D eigenvalue weighted by Crippen LogP contribution is -2.62. The molecule has 0 radical (unpaired) electrons. The molecule has 18 heavy (non-hydrogen) atoms. The summed E-state index contributed by atoms with van der Waals surface area (Å²) in [4.78, 5) is 0. The number of hydrogen-bond donors (Lipinski definition) is 3. The summed E-state index contributed by atoms with van der Waals surface area (Å²) in [5.41, 5.74) is 0. The van der Waals surface area contributed by atoms with Gasteiger partial charge < -0.3 is 29.9 Å². The first kappa shape index (κ1) is 15.4. The Morgan fingerprint density at radius 2 is 2.06 bits per heavy atom. The molecule has 0 aromatic rings. The van der Waals surface area contributed by atoms with Crippen LogP contribution in [0.25, 0.3) is 0 Å². The van der Waals surface area contributed by atoms with Gasteiger partial charge in [-0.3, -0.25) is 0 Å². The fourth-order valence-corrected chi connectivity index (χ4v) is 1.75. The molecular formula is C12H21O6-. The van der Waals surface area contributed by atoms with Crippen LogP contribution in [0, 0.1) is 0 Å². The molecule has 6 nitrogen and oxygen atoms in total. The lowest BCUT2D eigenvalue weighted by atomic mass is 9.99. The number of ether oxygens (including phenoxy) is 2. The van der Waals surface area contributed by atoms with Crippen LogP contribution in [0.15, 0.2) is 12.3 Å². The normalized spacial score (nSPS) is 37.1. The van der Waals surface area contributed by atoms with E-state index in [0.29, 0.717) is 0 Å². The number of allylic oxidation sites excluding steroid dienone is 1. The van der Waals surface area contributed by atoms with E-state index in [2.05, 4.69) is 6.92 Å². The third-order valence-electron chi connectivity index (χ3n) is 2.88. The van der Waals surface area contributed by atoms with E-state index in [9.17, 15) is 15.3 Å². The second kappa shape index (κ2) is 7.70. The second-order valence-electron chi connectivity index (χ2n) is 4.32. The van der Waals surface area contributed by atoms with Crippen molar-refractivity contribution in [2.45, 2.75) is 56.9 Å². The number of rotatable bonds is 6. The zero-order valence-electron chi connectivity index (χ0n) is 10.4. The van der Waals surface area contributed by atoms with Gasteiger partial charge in [0.1, 0.15) is 18.3 Å². The van der Waals surface area contributed by atoms with Crippen LogP contribution in [-0.2, 0) is 9.47 Å². The van der Waals surface area contributed by atoms with Crippen LogP contribution in [0.5, 0.6) is 0 Å². The van der Waals surface area contributed by atoms with Crippen LogP contribution in [0.3, 0.4) is 0 Å². The monoisotopic (exact) mass is 261 g/mol. The van der Waals surface area contributed by atoms with Crippen LogP contribution in [0.2, 0.25) is 0 Å². The van der Waals surface area contributed by atoms with E-state index in [1.54, 1.807) is 6.08 Å². The smallest absolute Gasteiger partial charge is 0.153 e. The standard InChI is InChI=1S/C12H21O6/c1-2-3-4-5-6-17-11-9(14)8(7-13)18-12(16)10(11)15/h5-6,8-15H,2-4,7H2,1H3/q-1/b6-5-/t8-,9-,10-,11+,12-/m1/s1. The van der Waals surface area contributed by atoms with Crippen LogP contribution in [0.4, 0.5) is 0 Å². The minimum absolute atomic E-state index is 0.494. The Labute approximate surface area is 106 Å². The highest BCUT2D eigenvalue weighted by Crippen LogP contribution is 2.21. The first-order valence-corrected chi connectivity index (χ1v) is 6.20. The van der Waals surface area contributed by atoms with Gasteiger partial charge in [0, 0.05) is 6.29 Å². The van der Waals surface area contributed by atoms with Crippen molar-refractivity contribution in [1.29, 1.82) is 0 Å². The molecule has 1 rings (SSSR count). The van der Waals surface area contributed by atoms with E-state index >= 15 is 0 Å². The molecule has 1 heterocycles. The second-order valence-corrected chi connectivity index (χ2v) is 4.32. The van der Waals surface area contributed by atoms with Gasteiger partial charge in [0.05, 0.1) is 12.9 Å². The van der Waals surface area contributed by atoms with Crippen molar-refractivity contribution in [3.63, 3.8) is 0 Å². The molecule has 0 spiro atoms. The molecule has 0 bridgehead atoms. The third-order valence-corrected chi connectivity index (χ3v) is 2.88. The van der Waals surface area contributed by atoms with E-state index in [0.717, 1.165) is 19.3 Å². The number of aliphatic hydroxyl groups excluding tert-OH is 3. The number of hydrogen-bond acceptors (Lipinski definition) is 6. The molecule has 1 fully saturated rings. The number of aliphatic hydroxyl groups is 3. The molecule has 0 saturated carbocycles. The Balaban J connectivity index is 2.51. The maximum Gasteiger partial charge on any atom is 0.153 e. The molecule has 0 unspecified atom stereocenters. The third kappa shape index (κ3) is 3.93. The van der Waals surface area contributed by atoms with Crippen molar-refractivity contribution in [2.24, 2.45) is 0 Å². The van der Waals surface area contributed by atoms with Crippen LogP contribution in [-0.4, -0.2) is 52.6 Å². The molecule has 1 aliphatic rings. The fraction of sp³-hybridized carbons (Fsp3) is 0.833. The molecule has 0 aromatic carbocycles. The molecule has 1 aliphatic heterocycles. The lowest BCUT2D eigenvalue weighted by molar-refractivity contribution is -0.532. The molecule has 0 aliphatic carbocycles. The van der Waals surface area contributed by atoms with Gasteiger partial charge >= 0.3 is 0 Å². The van der Waals surface area contributed by atoms with Crippen molar-refractivity contribution in [1.82, 2.24) is 0 Å². The van der Waals surface area contributed by atoms with Crippen molar-refractivity contribution in [2.75, 3.05) is 6.61 Å². The summed E-state index contributed by atoms with van der Waals surface area (Å²) in [5, 5.41) is 39.6. The maximum atomic E-state index is 11.3. The first-order chi connectivity index (χ1) is 8.61. The summed E-state index contributed by atoms with van der Waals surface area (Å²) < 4.78 is 9.91. The quantitative estimate of drug-likeness (QED) is 0.413. The number of unbranched alkanes of at least 4 members (excludes halogenated alkanes) is 2. The summed E-state index contributed by atoms with van der Waals surface area (Å²) >= 11 is 0. The molecule has 6 heteroatoms. The highest BCUT2D eigenvalue weighted by atomic mass is 16.6. The largest absolute Gasteiger partial charge is 0.829 e. The van der Waals surface area contributed by atoms with E-state index in [-0.39, 0.29) is 0 Å². The van der Waals surface area contributed by atoms with E-state index in [4.69, 9.17) is 14.6 Å². The molecule has 1 saturated heterocycles. The Bertz CT molecular complexity index is 257. The fourth-order valence-electron chi connectivity index (χ4n) is 1.75. The zero-order chi connectivity index (χ0) is 13.5. The van der Waals surface area contributed by atoms with Gasteiger partial charge in [-0.25, -0.2) is 0 Å². The Hall–Kier alpha value is -0.660. The minimum Gasteiger partial charge on any atom is -0.829 e.